The Morgan fingerprint density at radius 3 is 2.36 bits per heavy atom. The van der Waals surface area contributed by atoms with Gasteiger partial charge in [0.05, 0.1) is 0 Å². The third-order valence-corrected chi connectivity index (χ3v) is 3.14. The minimum Gasteiger partial charge on any atom is -0.480 e. The quantitative estimate of drug-likeness (QED) is 0.708. The van der Waals surface area contributed by atoms with Crippen molar-refractivity contribution in [2.45, 2.75) is 37.2 Å². The highest BCUT2D eigenvalue weighted by Gasteiger charge is 2.36. The largest absolute Gasteiger partial charge is 0.480 e. The van der Waals surface area contributed by atoms with Crippen molar-refractivity contribution in [2.75, 3.05) is 0 Å². The van der Waals surface area contributed by atoms with Crippen molar-refractivity contribution in [2.24, 2.45) is 5.92 Å². The summed E-state index contributed by atoms with van der Waals surface area (Å²) in [7, 11) is 0. The zero-order valence-electron chi connectivity index (χ0n) is 6.91. The van der Waals surface area contributed by atoms with Gasteiger partial charge in [-0.1, -0.05) is 13.8 Å². The summed E-state index contributed by atoms with van der Waals surface area (Å²) >= 11 is 1.58. The molecule has 0 saturated heterocycles. The van der Waals surface area contributed by atoms with Crippen molar-refractivity contribution in [3.63, 3.8) is 0 Å². The Bertz CT molecular complexity index is 152. The molecule has 0 aromatic rings. The van der Waals surface area contributed by atoms with Crippen molar-refractivity contribution >= 4 is 17.7 Å². The SMILES string of the molecule is CC(C)SC(C(=O)O)C1CC1. The molecule has 0 heterocycles. The molecule has 1 aliphatic rings. The summed E-state index contributed by atoms with van der Waals surface area (Å²) in [5.74, 6) is -0.175. The van der Waals surface area contributed by atoms with Gasteiger partial charge in [-0.2, -0.15) is 0 Å². The Balaban J connectivity index is 2.38. The average molecular weight is 174 g/mol. The topological polar surface area (TPSA) is 37.3 Å². The molecule has 2 nitrogen and oxygen atoms in total. The molecule has 0 aliphatic heterocycles. The maximum Gasteiger partial charge on any atom is 0.316 e. The maximum absolute atomic E-state index is 10.7. The second-order valence-corrected chi connectivity index (χ2v) is 5.00. The Labute approximate surface area is 71.4 Å². The Morgan fingerprint density at radius 2 is 2.09 bits per heavy atom. The molecule has 1 N–H and O–H groups in total. The second-order valence-electron chi connectivity index (χ2n) is 3.28. The lowest BCUT2D eigenvalue weighted by Crippen LogP contribution is -2.20. The molecule has 11 heavy (non-hydrogen) atoms. The van der Waals surface area contributed by atoms with Gasteiger partial charge in [0, 0.05) is 0 Å². The van der Waals surface area contributed by atoms with Crippen molar-refractivity contribution in [3.05, 3.63) is 0 Å². The summed E-state index contributed by atoms with van der Waals surface area (Å²) < 4.78 is 0. The first-order valence-corrected chi connectivity index (χ1v) is 4.94. The van der Waals surface area contributed by atoms with Crippen LogP contribution in [0.15, 0.2) is 0 Å². The van der Waals surface area contributed by atoms with Gasteiger partial charge in [-0.15, -0.1) is 11.8 Å². The molecule has 1 rings (SSSR count). The lowest BCUT2D eigenvalue weighted by Gasteiger charge is -2.12. The predicted molar refractivity (Wildman–Crippen MR) is 46.9 cm³/mol. The minimum atomic E-state index is -0.633. The molecule has 1 saturated carbocycles. The van der Waals surface area contributed by atoms with Crippen LogP contribution in [0, 0.1) is 5.92 Å². The van der Waals surface area contributed by atoms with E-state index < -0.39 is 5.97 Å². The molecule has 1 aliphatic carbocycles. The molecule has 1 unspecified atom stereocenters. The lowest BCUT2D eigenvalue weighted by atomic mass is 10.3. The first-order valence-electron chi connectivity index (χ1n) is 3.99. The number of aliphatic carboxylic acids is 1. The highest BCUT2D eigenvalue weighted by Crippen LogP contribution is 2.40. The van der Waals surface area contributed by atoms with Gasteiger partial charge in [0.15, 0.2) is 0 Å². The van der Waals surface area contributed by atoms with Crippen LogP contribution in [0.25, 0.3) is 0 Å². The number of carbonyl (C=O) groups is 1. The van der Waals surface area contributed by atoms with Gasteiger partial charge in [-0.3, -0.25) is 4.79 Å². The fraction of sp³-hybridized carbons (Fsp3) is 0.875. The fourth-order valence-electron chi connectivity index (χ4n) is 1.06. The Kier molecular flexibility index (Phi) is 2.82. The normalized spacial score (nSPS) is 20.3. The summed E-state index contributed by atoms with van der Waals surface area (Å²) in [5, 5.41) is 9.10. The number of rotatable bonds is 4. The van der Waals surface area contributed by atoms with Crippen molar-refractivity contribution in [3.8, 4) is 0 Å². The fourth-order valence-corrected chi connectivity index (χ4v) is 2.26. The molecule has 0 spiro atoms. The molecular formula is C8H14O2S. The standard InChI is InChI=1S/C8H14O2S/c1-5(2)11-7(8(9)10)6-3-4-6/h5-7H,3-4H2,1-2H3,(H,9,10). The zero-order valence-corrected chi connectivity index (χ0v) is 7.73. The van der Waals surface area contributed by atoms with Crippen LogP contribution in [0.1, 0.15) is 26.7 Å². The molecule has 64 valence electrons. The third kappa shape index (κ3) is 2.73. The number of carboxylic acid groups (broad SMARTS) is 1. The van der Waals surface area contributed by atoms with E-state index in [2.05, 4.69) is 0 Å². The van der Waals surface area contributed by atoms with E-state index >= 15 is 0 Å². The van der Waals surface area contributed by atoms with Gasteiger partial charge in [0.2, 0.25) is 0 Å². The summed E-state index contributed by atoms with van der Waals surface area (Å²) in [6, 6.07) is 0. The molecule has 0 aromatic heterocycles. The number of carboxylic acids is 1. The zero-order chi connectivity index (χ0) is 8.43. The van der Waals surface area contributed by atoms with E-state index in [9.17, 15) is 4.79 Å². The van der Waals surface area contributed by atoms with E-state index in [4.69, 9.17) is 5.11 Å². The molecular weight excluding hydrogens is 160 g/mol. The van der Waals surface area contributed by atoms with Gasteiger partial charge >= 0.3 is 5.97 Å². The number of hydrogen-bond donors (Lipinski definition) is 1. The lowest BCUT2D eigenvalue weighted by molar-refractivity contribution is -0.136. The van der Waals surface area contributed by atoms with E-state index in [0.29, 0.717) is 11.2 Å². The monoisotopic (exact) mass is 174 g/mol. The summed E-state index contributed by atoms with van der Waals surface area (Å²) in [4.78, 5) is 10.7. The van der Waals surface area contributed by atoms with Crippen molar-refractivity contribution < 1.29 is 9.90 Å². The van der Waals surface area contributed by atoms with Crippen LogP contribution in [0.4, 0.5) is 0 Å². The van der Waals surface area contributed by atoms with Crippen LogP contribution in [-0.2, 0) is 4.79 Å². The average Bonchev–Trinajstić information content (AvgIpc) is 2.63. The second kappa shape index (κ2) is 3.48. The van der Waals surface area contributed by atoms with Gasteiger partial charge in [-0.25, -0.2) is 0 Å². The Morgan fingerprint density at radius 1 is 1.55 bits per heavy atom. The van der Waals surface area contributed by atoms with Crippen LogP contribution in [-0.4, -0.2) is 21.6 Å². The van der Waals surface area contributed by atoms with E-state index in [1.807, 2.05) is 13.8 Å². The highest BCUT2D eigenvalue weighted by molar-refractivity contribution is 8.01. The molecule has 1 atom stereocenters. The van der Waals surface area contributed by atoms with Gasteiger partial charge in [0.25, 0.3) is 0 Å². The summed E-state index contributed by atoms with van der Waals surface area (Å²) in [5.41, 5.74) is 0. The molecule has 0 amide bonds. The summed E-state index contributed by atoms with van der Waals surface area (Å²) in [6.07, 6.45) is 2.22. The van der Waals surface area contributed by atoms with Gasteiger partial charge < -0.3 is 5.11 Å². The van der Waals surface area contributed by atoms with Gasteiger partial charge in [0.1, 0.15) is 5.25 Å². The van der Waals surface area contributed by atoms with Gasteiger partial charge in [-0.05, 0) is 24.0 Å². The number of hydrogen-bond acceptors (Lipinski definition) is 2. The van der Waals surface area contributed by atoms with E-state index in [1.54, 1.807) is 11.8 Å². The molecule has 1 fully saturated rings. The first kappa shape index (κ1) is 8.91. The van der Waals surface area contributed by atoms with Crippen LogP contribution in [0.2, 0.25) is 0 Å². The smallest absolute Gasteiger partial charge is 0.316 e. The molecule has 0 radical (unpaired) electrons. The minimum absolute atomic E-state index is 0.144. The van der Waals surface area contributed by atoms with Crippen LogP contribution in [0.5, 0.6) is 0 Å². The van der Waals surface area contributed by atoms with Crippen molar-refractivity contribution in [1.29, 1.82) is 0 Å². The third-order valence-electron chi connectivity index (χ3n) is 1.71. The predicted octanol–water partition coefficient (Wildman–Crippen LogP) is 1.99. The van der Waals surface area contributed by atoms with Crippen molar-refractivity contribution in [1.82, 2.24) is 0 Å². The maximum atomic E-state index is 10.7. The van der Waals surface area contributed by atoms with Crippen LogP contribution in [0.3, 0.4) is 0 Å². The first-order chi connectivity index (χ1) is 5.11. The summed E-state index contributed by atoms with van der Waals surface area (Å²) in [6.45, 7) is 4.09. The number of thioether (sulfide) groups is 1. The van der Waals surface area contributed by atoms with Crippen LogP contribution >= 0.6 is 11.8 Å². The molecule has 3 heteroatoms. The van der Waals surface area contributed by atoms with E-state index in [1.165, 1.54) is 0 Å². The van der Waals surface area contributed by atoms with Crippen LogP contribution < -0.4 is 0 Å². The Hall–Kier alpha value is -0.180. The molecule has 0 aromatic carbocycles. The highest BCUT2D eigenvalue weighted by atomic mass is 32.2. The van der Waals surface area contributed by atoms with E-state index in [0.717, 1.165) is 12.8 Å². The molecule has 0 bridgehead atoms. The van der Waals surface area contributed by atoms with E-state index in [-0.39, 0.29) is 5.25 Å².